The maximum absolute atomic E-state index is 12.4. The van der Waals surface area contributed by atoms with Gasteiger partial charge in [0.1, 0.15) is 4.90 Å². The summed E-state index contributed by atoms with van der Waals surface area (Å²) >= 11 is 7.32. The number of anilines is 1. The van der Waals surface area contributed by atoms with Crippen molar-refractivity contribution in [2.24, 2.45) is 4.40 Å². The molecule has 0 fully saturated rings. The molecule has 126 valence electrons. The molecular weight excluding hydrogens is 364 g/mol. The van der Waals surface area contributed by atoms with Crippen LogP contribution in [0.5, 0.6) is 0 Å². The fraction of sp³-hybridized carbons (Fsp3) is 0.235. The maximum Gasteiger partial charge on any atom is 0.286 e. The fourth-order valence-electron chi connectivity index (χ4n) is 2.48. The van der Waals surface area contributed by atoms with Crippen LogP contribution in [0.2, 0.25) is 5.02 Å². The van der Waals surface area contributed by atoms with E-state index in [1.165, 1.54) is 11.8 Å². The lowest BCUT2D eigenvalue weighted by Crippen LogP contribution is -2.34. The Morgan fingerprint density at radius 1 is 1.12 bits per heavy atom. The second-order valence-electron chi connectivity index (χ2n) is 5.38. The van der Waals surface area contributed by atoms with Crippen LogP contribution in [0.4, 0.5) is 5.69 Å². The van der Waals surface area contributed by atoms with Crippen LogP contribution >= 0.6 is 23.4 Å². The molecule has 1 aliphatic heterocycles. The Labute approximate surface area is 151 Å². The number of nitrogens with zero attached hydrogens (tertiary/aromatic N) is 2. The summed E-state index contributed by atoms with van der Waals surface area (Å²) in [6.45, 7) is 2.78. The zero-order valence-corrected chi connectivity index (χ0v) is 15.5. The van der Waals surface area contributed by atoms with Crippen LogP contribution in [0, 0.1) is 0 Å². The predicted octanol–water partition coefficient (Wildman–Crippen LogP) is 4.55. The summed E-state index contributed by atoms with van der Waals surface area (Å²) in [7, 11) is -3.65. The monoisotopic (exact) mass is 380 g/mol. The van der Waals surface area contributed by atoms with Gasteiger partial charge in [-0.3, -0.25) is 0 Å². The van der Waals surface area contributed by atoms with E-state index >= 15 is 0 Å². The number of benzene rings is 2. The Morgan fingerprint density at radius 2 is 1.83 bits per heavy atom. The van der Waals surface area contributed by atoms with Crippen LogP contribution in [-0.2, 0) is 15.8 Å². The topological polar surface area (TPSA) is 49.7 Å². The molecule has 3 rings (SSSR count). The van der Waals surface area contributed by atoms with Crippen LogP contribution < -0.4 is 4.90 Å². The SMILES string of the molecule is CCCN1C(SCc2ccc(Cl)cc2)=NS(=O)(=O)c2ccccc21. The van der Waals surface area contributed by atoms with E-state index in [0.717, 1.165) is 18.5 Å². The lowest BCUT2D eigenvalue weighted by atomic mass is 10.2. The molecule has 0 N–H and O–H groups in total. The molecule has 4 nitrogen and oxygen atoms in total. The van der Waals surface area contributed by atoms with Crippen molar-refractivity contribution in [2.75, 3.05) is 11.4 Å². The van der Waals surface area contributed by atoms with Gasteiger partial charge in [-0.05, 0) is 36.2 Å². The van der Waals surface area contributed by atoms with Crippen molar-refractivity contribution in [2.45, 2.75) is 24.0 Å². The van der Waals surface area contributed by atoms with Crippen LogP contribution in [0.15, 0.2) is 57.8 Å². The highest BCUT2D eigenvalue weighted by Gasteiger charge is 2.30. The predicted molar refractivity (Wildman–Crippen MR) is 101 cm³/mol. The molecule has 0 amide bonds. The van der Waals surface area contributed by atoms with E-state index in [1.807, 2.05) is 41.3 Å². The van der Waals surface area contributed by atoms with Gasteiger partial charge in [0.25, 0.3) is 10.0 Å². The minimum Gasteiger partial charge on any atom is -0.319 e. The summed E-state index contributed by atoms with van der Waals surface area (Å²) in [6, 6.07) is 14.5. The first-order valence-corrected chi connectivity index (χ1v) is 10.4. The third-order valence-corrected chi connectivity index (χ3v) is 6.32. The van der Waals surface area contributed by atoms with Gasteiger partial charge in [0.15, 0.2) is 5.17 Å². The van der Waals surface area contributed by atoms with E-state index in [-0.39, 0.29) is 4.90 Å². The fourth-order valence-corrected chi connectivity index (χ4v) is 5.04. The van der Waals surface area contributed by atoms with Crippen molar-refractivity contribution in [3.8, 4) is 0 Å². The number of hydrogen-bond donors (Lipinski definition) is 0. The summed E-state index contributed by atoms with van der Waals surface area (Å²) in [4.78, 5) is 2.26. The first-order valence-electron chi connectivity index (χ1n) is 7.60. The van der Waals surface area contributed by atoms with Gasteiger partial charge in [0, 0.05) is 17.3 Å². The molecule has 0 aliphatic carbocycles. The number of halogens is 1. The molecule has 1 heterocycles. The summed E-state index contributed by atoms with van der Waals surface area (Å²) < 4.78 is 28.9. The molecule has 24 heavy (non-hydrogen) atoms. The molecule has 0 aromatic heterocycles. The zero-order chi connectivity index (χ0) is 17.2. The van der Waals surface area contributed by atoms with Crippen molar-refractivity contribution in [3.05, 3.63) is 59.1 Å². The molecule has 0 unspecified atom stereocenters. The normalized spacial score (nSPS) is 15.8. The van der Waals surface area contributed by atoms with E-state index in [2.05, 4.69) is 11.3 Å². The summed E-state index contributed by atoms with van der Waals surface area (Å²) in [6.07, 6.45) is 0.898. The summed E-state index contributed by atoms with van der Waals surface area (Å²) in [5.41, 5.74) is 1.77. The van der Waals surface area contributed by atoms with Crippen LogP contribution in [-0.4, -0.2) is 20.1 Å². The number of amidine groups is 1. The molecule has 0 atom stereocenters. The minimum absolute atomic E-state index is 0.272. The average Bonchev–Trinajstić information content (AvgIpc) is 2.57. The third kappa shape index (κ3) is 3.61. The van der Waals surface area contributed by atoms with Gasteiger partial charge >= 0.3 is 0 Å². The largest absolute Gasteiger partial charge is 0.319 e. The number of hydrogen-bond acceptors (Lipinski definition) is 4. The number of para-hydroxylation sites is 1. The third-order valence-electron chi connectivity index (χ3n) is 3.59. The number of rotatable bonds is 4. The van der Waals surface area contributed by atoms with Gasteiger partial charge in [0.2, 0.25) is 0 Å². The van der Waals surface area contributed by atoms with Crippen molar-refractivity contribution < 1.29 is 8.42 Å². The zero-order valence-electron chi connectivity index (χ0n) is 13.1. The minimum atomic E-state index is -3.65. The quantitative estimate of drug-likeness (QED) is 0.780. The van der Waals surface area contributed by atoms with Crippen LogP contribution in [0.25, 0.3) is 0 Å². The summed E-state index contributed by atoms with van der Waals surface area (Å²) in [5, 5.41) is 1.20. The average molecular weight is 381 g/mol. The summed E-state index contributed by atoms with van der Waals surface area (Å²) in [5.74, 6) is 0.633. The maximum atomic E-state index is 12.4. The number of fused-ring (bicyclic) bond motifs is 1. The molecule has 7 heteroatoms. The first-order chi connectivity index (χ1) is 11.5. The molecule has 0 saturated heterocycles. The van der Waals surface area contributed by atoms with E-state index in [1.54, 1.807) is 12.1 Å². The van der Waals surface area contributed by atoms with Crippen molar-refractivity contribution >= 4 is 44.2 Å². The number of sulfonamides is 1. The molecule has 2 aromatic rings. The smallest absolute Gasteiger partial charge is 0.286 e. The van der Waals surface area contributed by atoms with Crippen molar-refractivity contribution in [1.29, 1.82) is 0 Å². The molecule has 1 aliphatic rings. The van der Waals surface area contributed by atoms with Crippen LogP contribution in [0.1, 0.15) is 18.9 Å². The van der Waals surface area contributed by atoms with Gasteiger partial charge in [-0.1, -0.05) is 54.6 Å². The second-order valence-corrected chi connectivity index (χ2v) is 8.33. The highest BCUT2D eigenvalue weighted by atomic mass is 35.5. The van der Waals surface area contributed by atoms with Crippen molar-refractivity contribution in [1.82, 2.24) is 0 Å². The Hall–Kier alpha value is -1.50. The highest BCUT2D eigenvalue weighted by molar-refractivity contribution is 8.14. The molecule has 2 aromatic carbocycles. The van der Waals surface area contributed by atoms with Gasteiger partial charge in [-0.2, -0.15) is 8.42 Å². The van der Waals surface area contributed by atoms with Gasteiger partial charge in [-0.25, -0.2) is 0 Å². The lowest BCUT2D eigenvalue weighted by molar-refractivity contribution is 0.597. The molecule has 0 radical (unpaired) electrons. The van der Waals surface area contributed by atoms with E-state index in [4.69, 9.17) is 11.6 Å². The Bertz CT molecular complexity index is 864. The Balaban J connectivity index is 1.90. The standard InChI is InChI=1S/C17H17ClN2O2S2/c1-2-11-20-15-5-3-4-6-16(15)24(21,22)19-17(20)23-12-13-7-9-14(18)10-8-13/h3-10H,2,11-12H2,1H3. The van der Waals surface area contributed by atoms with E-state index in [9.17, 15) is 8.42 Å². The molecule has 0 saturated carbocycles. The Kier molecular flexibility index (Phi) is 5.18. The second kappa shape index (κ2) is 7.17. The first kappa shape index (κ1) is 17.3. The van der Waals surface area contributed by atoms with E-state index in [0.29, 0.717) is 21.6 Å². The van der Waals surface area contributed by atoms with Gasteiger partial charge < -0.3 is 4.90 Å². The number of thioether (sulfide) groups is 1. The highest BCUT2D eigenvalue weighted by Crippen LogP contribution is 2.34. The van der Waals surface area contributed by atoms with Crippen LogP contribution in [0.3, 0.4) is 0 Å². The van der Waals surface area contributed by atoms with Crippen molar-refractivity contribution in [3.63, 3.8) is 0 Å². The van der Waals surface area contributed by atoms with E-state index < -0.39 is 10.0 Å². The molecule has 0 spiro atoms. The van der Waals surface area contributed by atoms with Gasteiger partial charge in [0.05, 0.1) is 5.69 Å². The molecule has 0 bridgehead atoms. The Morgan fingerprint density at radius 3 is 2.54 bits per heavy atom. The van der Waals surface area contributed by atoms with Gasteiger partial charge in [-0.15, -0.1) is 4.40 Å². The lowest BCUT2D eigenvalue weighted by Gasteiger charge is -2.30. The molecular formula is C17H17ClN2O2S2.